The molecule has 0 fully saturated rings. The summed E-state index contributed by atoms with van der Waals surface area (Å²) >= 11 is 1.58. The van der Waals surface area contributed by atoms with E-state index in [4.69, 9.17) is 4.74 Å². The van der Waals surface area contributed by atoms with E-state index in [1.165, 1.54) is 0 Å². The number of carbonyl (C=O) groups excluding carboxylic acids is 1. The number of aryl methyl sites for hydroxylation is 1. The van der Waals surface area contributed by atoms with E-state index in [0.717, 1.165) is 28.4 Å². The molecular weight excluding hydrogens is 350 g/mol. The van der Waals surface area contributed by atoms with E-state index < -0.39 is 0 Å². The van der Waals surface area contributed by atoms with Gasteiger partial charge in [-0.25, -0.2) is 4.98 Å². The highest BCUT2D eigenvalue weighted by molar-refractivity contribution is 8.00. The molecule has 0 saturated heterocycles. The van der Waals surface area contributed by atoms with E-state index in [9.17, 15) is 4.79 Å². The molecule has 3 heterocycles. The van der Waals surface area contributed by atoms with Crippen molar-refractivity contribution in [1.29, 1.82) is 0 Å². The number of anilines is 1. The molecule has 0 bridgehead atoms. The molecule has 0 spiro atoms. The van der Waals surface area contributed by atoms with Gasteiger partial charge >= 0.3 is 0 Å². The molecule has 26 heavy (non-hydrogen) atoms. The number of benzene rings is 1. The lowest BCUT2D eigenvalue weighted by Crippen LogP contribution is -2.12. The van der Waals surface area contributed by atoms with Crippen molar-refractivity contribution in [2.24, 2.45) is 7.05 Å². The van der Waals surface area contributed by atoms with Gasteiger partial charge in [0.25, 0.3) is 0 Å². The van der Waals surface area contributed by atoms with Gasteiger partial charge < -0.3 is 10.1 Å². The second-order valence-electron chi connectivity index (χ2n) is 6.10. The first kappa shape index (κ1) is 16.7. The molecule has 134 valence electrons. The summed E-state index contributed by atoms with van der Waals surface area (Å²) in [6.07, 6.45) is 3.61. The van der Waals surface area contributed by atoms with Crippen LogP contribution in [-0.2, 0) is 11.8 Å². The molecule has 1 amide bonds. The molecule has 1 aromatic carbocycles. The number of nitrogens with one attached hydrogen (secondary N) is 1. The summed E-state index contributed by atoms with van der Waals surface area (Å²) in [6, 6.07) is 7.78. The van der Waals surface area contributed by atoms with Crippen LogP contribution in [0.5, 0.6) is 5.75 Å². The highest BCUT2D eigenvalue weighted by atomic mass is 32.2. The van der Waals surface area contributed by atoms with Crippen LogP contribution >= 0.6 is 11.8 Å². The zero-order valence-electron chi connectivity index (χ0n) is 14.8. The Bertz CT molecular complexity index is 978. The second-order valence-corrected chi connectivity index (χ2v) is 7.19. The van der Waals surface area contributed by atoms with Gasteiger partial charge in [-0.1, -0.05) is 6.07 Å². The number of nitrogens with zero attached hydrogens (tertiary/aromatic N) is 4. The maximum atomic E-state index is 12.1. The Hall–Kier alpha value is -2.74. The molecule has 1 aliphatic heterocycles. The van der Waals surface area contributed by atoms with E-state index in [1.54, 1.807) is 25.2 Å². The van der Waals surface area contributed by atoms with Gasteiger partial charge in [-0.3, -0.25) is 14.0 Å². The van der Waals surface area contributed by atoms with Crippen LogP contribution in [0.1, 0.15) is 22.2 Å². The molecule has 1 atom stereocenters. The van der Waals surface area contributed by atoms with Crippen molar-refractivity contribution in [3.63, 3.8) is 0 Å². The highest BCUT2D eigenvalue weighted by Crippen LogP contribution is 2.43. The first-order chi connectivity index (χ1) is 12.6. The molecule has 0 aliphatic carbocycles. The van der Waals surface area contributed by atoms with Crippen molar-refractivity contribution in [3.05, 3.63) is 53.7 Å². The van der Waals surface area contributed by atoms with Gasteiger partial charge in [-0.2, -0.15) is 5.10 Å². The van der Waals surface area contributed by atoms with Crippen molar-refractivity contribution < 1.29 is 9.53 Å². The second kappa shape index (κ2) is 6.53. The van der Waals surface area contributed by atoms with Crippen molar-refractivity contribution in [3.8, 4) is 11.4 Å². The molecule has 0 saturated carbocycles. The molecule has 2 aromatic heterocycles. The molecule has 3 aromatic rings. The molecular formula is C18H19N5O2S. The minimum absolute atomic E-state index is 0.0452. The van der Waals surface area contributed by atoms with Gasteiger partial charge in [-0.05, 0) is 19.1 Å². The van der Waals surface area contributed by atoms with Crippen LogP contribution in [0.2, 0.25) is 0 Å². The number of amides is 1. The van der Waals surface area contributed by atoms with Crippen LogP contribution in [0.4, 0.5) is 5.82 Å². The first-order valence-electron chi connectivity index (χ1n) is 8.20. The van der Waals surface area contributed by atoms with E-state index in [0.29, 0.717) is 11.6 Å². The van der Waals surface area contributed by atoms with Gasteiger partial charge in [0.05, 0.1) is 35.7 Å². The predicted octanol–water partition coefficient (Wildman–Crippen LogP) is 2.70. The monoisotopic (exact) mass is 369 g/mol. The van der Waals surface area contributed by atoms with Gasteiger partial charge in [-0.15, -0.1) is 11.8 Å². The van der Waals surface area contributed by atoms with E-state index in [2.05, 4.69) is 15.4 Å². The summed E-state index contributed by atoms with van der Waals surface area (Å²) in [5, 5.41) is 7.24. The van der Waals surface area contributed by atoms with Gasteiger partial charge in [0.2, 0.25) is 5.91 Å². The standard InChI is InChI=1S/C18H19N5O2S/c1-11-14(8-20-22(11)2)17-16-18(21-15(24)9-26-17)19-10-23(16)12-5-4-6-13(7-12)25-3/h4-8,10,17H,9H2,1-3H3,(H,21,24). The Morgan fingerprint density at radius 1 is 1.38 bits per heavy atom. The number of thioether (sulfide) groups is 1. The highest BCUT2D eigenvalue weighted by Gasteiger charge is 2.31. The molecule has 1 aliphatic rings. The number of carbonyl (C=O) groups is 1. The fourth-order valence-corrected chi connectivity index (χ4v) is 4.27. The molecule has 4 rings (SSSR count). The largest absolute Gasteiger partial charge is 0.497 e. The SMILES string of the molecule is COc1cccc(-n2cnc3c2C(c2cnn(C)c2C)SCC(=O)N3)c1. The molecule has 0 radical (unpaired) electrons. The van der Waals surface area contributed by atoms with Crippen molar-refractivity contribution in [2.75, 3.05) is 18.2 Å². The van der Waals surface area contributed by atoms with Crippen LogP contribution in [0.25, 0.3) is 5.69 Å². The Morgan fingerprint density at radius 3 is 2.96 bits per heavy atom. The average Bonchev–Trinajstić information content (AvgIpc) is 3.16. The lowest BCUT2D eigenvalue weighted by atomic mass is 10.1. The third-order valence-corrected chi connectivity index (χ3v) is 5.82. The number of aromatic nitrogens is 4. The minimum atomic E-state index is -0.0497. The normalized spacial score (nSPS) is 16.7. The van der Waals surface area contributed by atoms with E-state index in [1.807, 2.05) is 53.7 Å². The number of hydrogen-bond donors (Lipinski definition) is 1. The quantitative estimate of drug-likeness (QED) is 0.768. The summed E-state index contributed by atoms with van der Waals surface area (Å²) < 4.78 is 9.21. The fraction of sp³-hybridized carbons (Fsp3) is 0.278. The number of imidazole rings is 1. The van der Waals surface area contributed by atoms with Gasteiger partial charge in [0.1, 0.15) is 12.1 Å². The van der Waals surface area contributed by atoms with Crippen LogP contribution in [0, 0.1) is 6.92 Å². The van der Waals surface area contributed by atoms with E-state index in [-0.39, 0.29) is 11.2 Å². The molecule has 1 unspecified atom stereocenters. The molecule has 8 heteroatoms. The van der Waals surface area contributed by atoms with Crippen LogP contribution in [-0.4, -0.2) is 38.1 Å². The number of fused-ring (bicyclic) bond motifs is 1. The molecule has 7 nitrogen and oxygen atoms in total. The zero-order valence-corrected chi connectivity index (χ0v) is 15.6. The summed E-state index contributed by atoms with van der Waals surface area (Å²) in [5.41, 5.74) is 4.02. The Morgan fingerprint density at radius 2 is 2.23 bits per heavy atom. The van der Waals surface area contributed by atoms with Gasteiger partial charge in [0, 0.05) is 24.4 Å². The Labute approximate surface area is 155 Å². The van der Waals surface area contributed by atoms with Gasteiger partial charge in [0.15, 0.2) is 5.82 Å². The topological polar surface area (TPSA) is 74.0 Å². The van der Waals surface area contributed by atoms with Crippen LogP contribution in [0.15, 0.2) is 36.8 Å². The Kier molecular flexibility index (Phi) is 4.20. The number of ether oxygens (including phenoxy) is 1. The summed E-state index contributed by atoms with van der Waals surface area (Å²) in [5.74, 6) is 1.68. The number of rotatable bonds is 3. The summed E-state index contributed by atoms with van der Waals surface area (Å²) in [4.78, 5) is 16.6. The van der Waals surface area contributed by atoms with Crippen molar-refractivity contribution in [1.82, 2.24) is 19.3 Å². The maximum absolute atomic E-state index is 12.1. The van der Waals surface area contributed by atoms with Crippen LogP contribution < -0.4 is 10.1 Å². The third kappa shape index (κ3) is 2.76. The number of methoxy groups -OCH3 is 1. The lowest BCUT2D eigenvalue weighted by molar-refractivity contribution is -0.113. The van der Waals surface area contributed by atoms with E-state index >= 15 is 0 Å². The summed E-state index contributed by atoms with van der Waals surface area (Å²) in [7, 11) is 3.56. The predicted molar refractivity (Wildman–Crippen MR) is 101 cm³/mol. The smallest absolute Gasteiger partial charge is 0.235 e. The third-order valence-electron chi connectivity index (χ3n) is 4.58. The average molecular weight is 369 g/mol. The van der Waals surface area contributed by atoms with Crippen LogP contribution in [0.3, 0.4) is 0 Å². The van der Waals surface area contributed by atoms with Crippen molar-refractivity contribution >= 4 is 23.5 Å². The number of hydrogen-bond acceptors (Lipinski definition) is 5. The summed E-state index contributed by atoms with van der Waals surface area (Å²) in [6.45, 7) is 2.04. The minimum Gasteiger partial charge on any atom is -0.497 e. The lowest BCUT2D eigenvalue weighted by Gasteiger charge is -2.18. The Balaban J connectivity index is 1.89. The zero-order chi connectivity index (χ0) is 18.3. The first-order valence-corrected chi connectivity index (χ1v) is 9.25. The fourth-order valence-electron chi connectivity index (χ4n) is 3.09. The molecule has 1 N–H and O–H groups in total. The maximum Gasteiger partial charge on any atom is 0.235 e. The van der Waals surface area contributed by atoms with Crippen molar-refractivity contribution in [2.45, 2.75) is 12.2 Å².